The highest BCUT2D eigenvalue weighted by molar-refractivity contribution is 8.37. The van der Waals surface area contributed by atoms with Crippen molar-refractivity contribution < 1.29 is 0 Å². The Balaban J connectivity index is 5.78. The first kappa shape index (κ1) is 19.1. The van der Waals surface area contributed by atoms with Gasteiger partial charge in [0.1, 0.15) is 0 Å². The van der Waals surface area contributed by atoms with Gasteiger partial charge < -0.3 is 0 Å². The minimum atomic E-state index is -1.06. The highest BCUT2D eigenvalue weighted by atomic mass is 31.8. The second kappa shape index (κ2) is 6.69. The van der Waals surface area contributed by atoms with Crippen LogP contribution in [-0.4, -0.2) is 23.2 Å². The van der Waals surface area contributed by atoms with E-state index in [1.54, 1.807) is 18.1 Å². The third kappa shape index (κ3) is 3.80. The summed E-state index contributed by atoms with van der Waals surface area (Å²) in [6, 6.07) is 4.62. The molecule has 110 valence electrons. The van der Waals surface area contributed by atoms with Gasteiger partial charge in [-0.25, -0.2) is 0 Å². The summed E-state index contributed by atoms with van der Waals surface area (Å²) >= 11 is 0. The molecule has 0 aromatic carbocycles. The van der Waals surface area contributed by atoms with Crippen molar-refractivity contribution in [1.82, 2.24) is 0 Å². The van der Waals surface area contributed by atoms with Crippen molar-refractivity contribution in [1.29, 1.82) is 0 Å². The van der Waals surface area contributed by atoms with Crippen LogP contribution in [0.5, 0.6) is 0 Å². The monoisotopic (exact) mass is 320 g/mol. The van der Waals surface area contributed by atoms with Crippen LogP contribution in [0.25, 0.3) is 0 Å². The third-order valence-electron chi connectivity index (χ3n) is 5.11. The van der Waals surface area contributed by atoms with Crippen molar-refractivity contribution in [2.24, 2.45) is 0 Å². The number of hydrogen-bond acceptors (Lipinski definition) is 0. The van der Waals surface area contributed by atoms with Crippen molar-refractivity contribution in [3.8, 4) is 0 Å². The summed E-state index contributed by atoms with van der Waals surface area (Å²) in [4.78, 5) is 0. The van der Waals surface area contributed by atoms with Crippen LogP contribution in [0.1, 0.15) is 34.6 Å². The second-order valence-electron chi connectivity index (χ2n) is 7.60. The van der Waals surface area contributed by atoms with Gasteiger partial charge in [0.05, 0.1) is 23.2 Å². The summed E-state index contributed by atoms with van der Waals surface area (Å²) < 4.78 is 0. The van der Waals surface area contributed by atoms with E-state index in [0.717, 1.165) is 5.54 Å². The molecule has 0 N–H and O–H groups in total. The van der Waals surface area contributed by atoms with Crippen LogP contribution in [0, 0.1) is 0 Å². The standard InChI is InChI=1S/C14H37PSi3/c1-11-18(12-2,13-3)15(16(6,7)8)17(9,10)14(4)5/h14H,11-13H2,1-10H3. The highest BCUT2D eigenvalue weighted by Gasteiger charge is 2.52. The molecular formula is C14H37PSi3. The molecule has 0 aliphatic rings. The van der Waals surface area contributed by atoms with E-state index in [2.05, 4.69) is 67.4 Å². The van der Waals surface area contributed by atoms with Gasteiger partial charge in [-0.15, -0.1) is 6.57 Å². The quantitative estimate of drug-likeness (QED) is 0.352. The second-order valence-corrected chi connectivity index (χ2v) is 40.0. The van der Waals surface area contributed by atoms with Crippen molar-refractivity contribution in [3.63, 3.8) is 0 Å². The Morgan fingerprint density at radius 1 is 0.778 bits per heavy atom. The summed E-state index contributed by atoms with van der Waals surface area (Å²) in [7, 11) is -3.04. The molecule has 0 aliphatic carbocycles. The SMILES string of the molecule is CC[Si](CC)(CC)P([Si](C)(C)C)[Si](C)(C)C(C)C. The minimum Gasteiger partial charge on any atom is -0.139 e. The summed E-state index contributed by atoms with van der Waals surface area (Å²) in [6.45, 7) is 26.4. The smallest absolute Gasteiger partial charge is 0.0724 e. The van der Waals surface area contributed by atoms with Crippen LogP contribution < -0.4 is 0 Å². The van der Waals surface area contributed by atoms with Crippen LogP contribution in [0.4, 0.5) is 0 Å². The Hall–Kier alpha value is 1.08. The van der Waals surface area contributed by atoms with Crippen LogP contribution in [-0.2, 0) is 0 Å². The van der Waals surface area contributed by atoms with Gasteiger partial charge in [-0.2, -0.15) is 0 Å². The molecule has 0 amide bonds. The molecule has 0 bridgehead atoms. The van der Waals surface area contributed by atoms with E-state index in [1.165, 1.54) is 0 Å². The van der Waals surface area contributed by atoms with Crippen molar-refractivity contribution in [2.45, 2.75) is 91.0 Å². The Bertz CT molecular complexity index is 244. The van der Waals surface area contributed by atoms with Gasteiger partial charge in [0, 0.05) is 0 Å². The Morgan fingerprint density at radius 3 is 1.28 bits per heavy atom. The first-order valence-electron chi connectivity index (χ1n) is 7.80. The van der Waals surface area contributed by atoms with Crippen LogP contribution >= 0.6 is 6.57 Å². The molecule has 0 aromatic heterocycles. The summed E-state index contributed by atoms with van der Waals surface area (Å²) in [5.74, 6) is 0. The fourth-order valence-electron chi connectivity index (χ4n) is 3.67. The predicted octanol–water partition coefficient (Wildman–Crippen LogP) is 6.92. The normalized spacial score (nSPS) is 16.2. The van der Waals surface area contributed by atoms with Gasteiger partial charge in [0.15, 0.2) is 0 Å². The molecule has 4 heteroatoms. The molecule has 18 heavy (non-hydrogen) atoms. The average Bonchev–Trinajstić information content (AvgIpc) is 2.23. The molecule has 0 rings (SSSR count). The Labute approximate surface area is 121 Å². The maximum absolute atomic E-state index is 2.73. The lowest BCUT2D eigenvalue weighted by Gasteiger charge is -2.54. The van der Waals surface area contributed by atoms with Crippen LogP contribution in [0.2, 0.25) is 56.4 Å². The zero-order valence-corrected chi connectivity index (χ0v) is 18.5. The van der Waals surface area contributed by atoms with Crippen LogP contribution in [0.15, 0.2) is 0 Å². The molecule has 0 saturated heterocycles. The maximum Gasteiger partial charge on any atom is 0.0724 e. The van der Waals surface area contributed by atoms with E-state index < -0.39 is 23.2 Å². The molecule has 0 fully saturated rings. The van der Waals surface area contributed by atoms with E-state index >= 15 is 0 Å². The lowest BCUT2D eigenvalue weighted by atomic mass is 10.6. The molecule has 1 unspecified atom stereocenters. The molecule has 0 spiro atoms. The summed E-state index contributed by atoms with van der Waals surface area (Å²) in [5.41, 5.74) is 0.965. The van der Waals surface area contributed by atoms with Crippen molar-refractivity contribution in [3.05, 3.63) is 0 Å². The summed E-state index contributed by atoms with van der Waals surface area (Å²) in [5, 5.41) is 0. The third-order valence-corrected chi connectivity index (χ3v) is 61.0. The van der Waals surface area contributed by atoms with Crippen molar-refractivity contribution >= 4 is 29.8 Å². The van der Waals surface area contributed by atoms with Crippen molar-refractivity contribution in [2.75, 3.05) is 0 Å². The predicted molar refractivity (Wildman–Crippen MR) is 100 cm³/mol. The van der Waals surface area contributed by atoms with Gasteiger partial charge in [-0.3, -0.25) is 0 Å². The summed E-state index contributed by atoms with van der Waals surface area (Å²) in [6.07, 6.45) is 0. The lowest BCUT2D eigenvalue weighted by molar-refractivity contribution is 1.03. The van der Waals surface area contributed by atoms with E-state index in [-0.39, 0.29) is 0 Å². The highest BCUT2D eigenvalue weighted by Crippen LogP contribution is 2.67. The average molecular weight is 321 g/mol. The molecular weight excluding hydrogens is 283 g/mol. The topological polar surface area (TPSA) is 0 Å². The Morgan fingerprint density at radius 2 is 1.11 bits per heavy atom. The van der Waals surface area contributed by atoms with E-state index in [1.807, 2.05) is 0 Å². The molecule has 0 heterocycles. The molecule has 0 nitrogen and oxygen atoms in total. The molecule has 0 radical (unpaired) electrons. The fourth-order valence-corrected chi connectivity index (χ4v) is 81.1. The van der Waals surface area contributed by atoms with Gasteiger partial charge in [0.25, 0.3) is 0 Å². The number of rotatable bonds is 7. The van der Waals surface area contributed by atoms with E-state index in [9.17, 15) is 0 Å². The fraction of sp³-hybridized carbons (Fsp3) is 1.00. The van der Waals surface area contributed by atoms with Gasteiger partial charge >= 0.3 is 0 Å². The molecule has 0 saturated carbocycles. The van der Waals surface area contributed by atoms with Gasteiger partial charge in [-0.05, 0) is 5.54 Å². The molecule has 0 aliphatic heterocycles. The molecule has 0 aromatic rings. The zero-order valence-electron chi connectivity index (χ0n) is 14.6. The van der Waals surface area contributed by atoms with Crippen LogP contribution in [0.3, 0.4) is 0 Å². The number of hydrogen-bond donors (Lipinski definition) is 0. The molecule has 1 atom stereocenters. The lowest BCUT2D eigenvalue weighted by Crippen LogP contribution is -2.49. The van der Waals surface area contributed by atoms with Gasteiger partial charge in [-0.1, -0.05) is 85.5 Å². The Kier molecular flexibility index (Phi) is 7.09. The maximum atomic E-state index is 2.73. The van der Waals surface area contributed by atoms with Gasteiger partial charge in [0.2, 0.25) is 0 Å². The minimum absolute atomic E-state index is 0.384. The largest absolute Gasteiger partial charge is 0.139 e. The first-order chi connectivity index (χ1) is 7.99. The van der Waals surface area contributed by atoms with E-state index in [0.29, 0.717) is 6.57 Å². The first-order valence-corrected chi connectivity index (χ1v) is 20.9. The van der Waals surface area contributed by atoms with E-state index in [4.69, 9.17) is 0 Å². The zero-order chi connectivity index (χ0) is 14.8.